The van der Waals surface area contributed by atoms with Crippen LogP contribution in [0.25, 0.3) is 22.2 Å². The summed E-state index contributed by atoms with van der Waals surface area (Å²) in [5.41, 5.74) is 3.99. The molecule has 2 aliphatic rings. The van der Waals surface area contributed by atoms with Crippen LogP contribution < -0.4 is 4.90 Å². The molecule has 0 spiro atoms. The number of nitrogens with zero attached hydrogens (tertiary/aromatic N) is 2. The summed E-state index contributed by atoms with van der Waals surface area (Å²) < 4.78 is 5.45. The first kappa shape index (κ1) is 27.8. The Labute approximate surface area is 248 Å². The van der Waals surface area contributed by atoms with E-state index in [0.29, 0.717) is 44.4 Å². The van der Waals surface area contributed by atoms with Gasteiger partial charge in [0, 0.05) is 21.5 Å². The number of fused-ring (bicyclic) bond motifs is 2. The van der Waals surface area contributed by atoms with Gasteiger partial charge in [0.05, 0.1) is 34.3 Å². The van der Waals surface area contributed by atoms with Gasteiger partial charge in [-0.25, -0.2) is 9.78 Å². The van der Waals surface area contributed by atoms with Crippen molar-refractivity contribution in [3.8, 4) is 11.3 Å². The normalized spacial score (nSPS) is 20.1. The van der Waals surface area contributed by atoms with E-state index in [1.165, 1.54) is 4.90 Å². The summed E-state index contributed by atoms with van der Waals surface area (Å²) in [6.45, 7) is 3.63. The van der Waals surface area contributed by atoms with Gasteiger partial charge < -0.3 is 4.74 Å². The van der Waals surface area contributed by atoms with E-state index in [1.54, 1.807) is 54.6 Å². The zero-order chi connectivity index (χ0) is 29.5. The number of benzene rings is 3. The molecule has 1 aliphatic heterocycles. The molecule has 42 heavy (non-hydrogen) atoms. The van der Waals surface area contributed by atoms with Gasteiger partial charge in [-0.15, -0.1) is 0 Å². The highest BCUT2D eigenvalue weighted by Crippen LogP contribution is 2.42. The molecule has 8 heteroatoms. The van der Waals surface area contributed by atoms with Gasteiger partial charge in [0.2, 0.25) is 11.8 Å². The second kappa shape index (κ2) is 11.1. The number of imide groups is 1. The Bertz CT molecular complexity index is 1730. The maximum Gasteiger partial charge on any atom is 0.339 e. The summed E-state index contributed by atoms with van der Waals surface area (Å²) in [4.78, 5) is 58.3. The van der Waals surface area contributed by atoms with Gasteiger partial charge in [-0.3, -0.25) is 19.3 Å². The van der Waals surface area contributed by atoms with Crippen molar-refractivity contribution in [3.63, 3.8) is 0 Å². The van der Waals surface area contributed by atoms with Crippen LogP contribution in [-0.4, -0.2) is 35.2 Å². The van der Waals surface area contributed by atoms with Crippen molar-refractivity contribution in [1.82, 2.24) is 4.98 Å². The minimum absolute atomic E-state index is 0.123. The standard InChI is InChI=1S/C34H29ClN2O5/c1-19-3-13-25-27(16-19)33(40)37(32(25)39)24-11-7-21(8-12-24)30-17-28(26-15-20(2)4-14-29(26)36-30)34(41)42-18-31(38)22-5-9-23(35)10-6-22/h4-12,14-15,17,19,25,27H,3,13,16,18H2,1-2H3/t19-,25-,27+/m1/s1. The van der Waals surface area contributed by atoms with Crippen molar-refractivity contribution in [3.05, 3.63) is 94.5 Å². The van der Waals surface area contributed by atoms with Crippen molar-refractivity contribution in [1.29, 1.82) is 0 Å². The summed E-state index contributed by atoms with van der Waals surface area (Å²) in [6.07, 6.45) is 2.45. The molecule has 6 rings (SSSR count). The monoisotopic (exact) mass is 580 g/mol. The minimum atomic E-state index is -0.640. The summed E-state index contributed by atoms with van der Waals surface area (Å²) in [6, 6.07) is 20.7. The summed E-state index contributed by atoms with van der Waals surface area (Å²) in [5, 5.41) is 1.12. The molecule has 3 atom stereocenters. The number of hydrogen-bond acceptors (Lipinski definition) is 6. The van der Waals surface area contributed by atoms with Gasteiger partial charge in [-0.1, -0.05) is 42.3 Å². The third kappa shape index (κ3) is 5.21. The van der Waals surface area contributed by atoms with E-state index in [1.807, 2.05) is 25.1 Å². The first-order chi connectivity index (χ1) is 20.2. The molecule has 1 saturated heterocycles. The van der Waals surface area contributed by atoms with Crippen LogP contribution in [-0.2, 0) is 14.3 Å². The molecule has 2 fully saturated rings. The average Bonchev–Trinajstić information content (AvgIpc) is 3.24. The molecule has 0 N–H and O–H groups in total. The molecule has 2 amide bonds. The molecule has 1 saturated carbocycles. The van der Waals surface area contributed by atoms with Gasteiger partial charge in [0.15, 0.2) is 12.4 Å². The van der Waals surface area contributed by atoms with Crippen LogP contribution in [0.3, 0.4) is 0 Å². The molecule has 212 valence electrons. The number of ketones is 1. The lowest BCUT2D eigenvalue weighted by molar-refractivity contribution is -0.122. The lowest BCUT2D eigenvalue weighted by Crippen LogP contribution is -2.30. The Hall–Kier alpha value is -4.36. The van der Waals surface area contributed by atoms with E-state index in [2.05, 4.69) is 6.92 Å². The van der Waals surface area contributed by atoms with Crippen LogP contribution in [0.1, 0.15) is 52.5 Å². The van der Waals surface area contributed by atoms with E-state index in [4.69, 9.17) is 21.3 Å². The molecule has 0 radical (unpaired) electrons. The SMILES string of the molecule is Cc1ccc2nc(-c3ccc(N4C(=O)[C@H]5C[C@H](C)CC[C@H]5C4=O)cc3)cc(C(=O)OCC(=O)c3ccc(Cl)cc3)c2c1. The lowest BCUT2D eigenvalue weighted by Gasteiger charge is -2.25. The number of amides is 2. The molecule has 1 aliphatic carbocycles. The lowest BCUT2D eigenvalue weighted by atomic mass is 9.76. The van der Waals surface area contributed by atoms with Crippen molar-refractivity contribution in [2.45, 2.75) is 33.1 Å². The number of pyridine rings is 1. The number of anilines is 1. The van der Waals surface area contributed by atoms with Crippen LogP contribution in [0.4, 0.5) is 5.69 Å². The molecule has 4 aromatic rings. The number of ether oxygens (including phenoxy) is 1. The van der Waals surface area contributed by atoms with Crippen LogP contribution in [0.5, 0.6) is 0 Å². The zero-order valence-electron chi connectivity index (χ0n) is 23.3. The van der Waals surface area contributed by atoms with Crippen LogP contribution in [0.15, 0.2) is 72.8 Å². The maximum absolute atomic E-state index is 13.3. The number of halogens is 1. The Balaban J connectivity index is 1.27. The third-order valence-electron chi connectivity index (χ3n) is 8.29. The minimum Gasteiger partial charge on any atom is -0.454 e. The van der Waals surface area contributed by atoms with Crippen LogP contribution in [0.2, 0.25) is 5.02 Å². The van der Waals surface area contributed by atoms with E-state index in [-0.39, 0.29) is 35.0 Å². The molecule has 7 nitrogen and oxygen atoms in total. The molecule has 0 unspecified atom stereocenters. The predicted octanol–water partition coefficient (Wildman–Crippen LogP) is 6.83. The highest BCUT2D eigenvalue weighted by molar-refractivity contribution is 6.30. The first-order valence-corrected chi connectivity index (χ1v) is 14.4. The number of carbonyl (C=O) groups excluding carboxylic acids is 4. The van der Waals surface area contributed by atoms with Crippen LogP contribution >= 0.6 is 11.6 Å². The largest absolute Gasteiger partial charge is 0.454 e. The second-order valence-corrected chi connectivity index (χ2v) is 11.7. The van der Waals surface area contributed by atoms with Crippen molar-refractivity contribution >= 4 is 51.8 Å². The quantitative estimate of drug-likeness (QED) is 0.141. The number of Topliss-reactive ketones (excluding diaryl/α,β-unsaturated/α-hetero) is 1. The molecule has 0 bridgehead atoms. The predicted molar refractivity (Wildman–Crippen MR) is 160 cm³/mol. The number of aromatic nitrogens is 1. The first-order valence-electron chi connectivity index (χ1n) is 14.0. The van der Waals surface area contributed by atoms with Crippen molar-refractivity contribution in [2.24, 2.45) is 17.8 Å². The molecular formula is C34H29ClN2O5. The van der Waals surface area contributed by atoms with Crippen molar-refractivity contribution in [2.75, 3.05) is 11.5 Å². The zero-order valence-corrected chi connectivity index (χ0v) is 24.1. The van der Waals surface area contributed by atoms with E-state index in [9.17, 15) is 19.2 Å². The second-order valence-electron chi connectivity index (χ2n) is 11.3. The molecule has 1 aromatic heterocycles. The number of aryl methyl sites for hydroxylation is 1. The van der Waals surface area contributed by atoms with E-state index < -0.39 is 12.6 Å². The third-order valence-corrected chi connectivity index (χ3v) is 8.55. The number of rotatable bonds is 6. The molecular weight excluding hydrogens is 552 g/mol. The fourth-order valence-electron chi connectivity index (χ4n) is 6.01. The molecule has 3 aromatic carbocycles. The Kier molecular flexibility index (Phi) is 7.37. The van der Waals surface area contributed by atoms with Gasteiger partial charge in [-0.2, -0.15) is 0 Å². The van der Waals surface area contributed by atoms with Gasteiger partial charge in [-0.05, 0) is 86.7 Å². The van der Waals surface area contributed by atoms with E-state index >= 15 is 0 Å². The number of carbonyl (C=O) groups is 4. The summed E-state index contributed by atoms with van der Waals surface area (Å²) in [7, 11) is 0. The Morgan fingerprint density at radius 1 is 0.929 bits per heavy atom. The summed E-state index contributed by atoms with van der Waals surface area (Å²) >= 11 is 5.91. The molecule has 2 heterocycles. The van der Waals surface area contributed by atoms with Crippen molar-refractivity contribution < 1.29 is 23.9 Å². The fraction of sp³-hybridized carbons (Fsp3) is 0.265. The van der Waals surface area contributed by atoms with Crippen LogP contribution in [0, 0.1) is 24.7 Å². The van der Waals surface area contributed by atoms with Gasteiger partial charge in [0.25, 0.3) is 0 Å². The average molecular weight is 581 g/mol. The topological polar surface area (TPSA) is 93.6 Å². The van der Waals surface area contributed by atoms with Gasteiger partial charge >= 0.3 is 5.97 Å². The Morgan fingerprint density at radius 2 is 1.64 bits per heavy atom. The Morgan fingerprint density at radius 3 is 2.38 bits per heavy atom. The maximum atomic E-state index is 13.3. The highest BCUT2D eigenvalue weighted by atomic mass is 35.5. The number of hydrogen-bond donors (Lipinski definition) is 0. The number of esters is 1. The summed E-state index contributed by atoms with van der Waals surface area (Å²) in [5.74, 6) is -1.27. The van der Waals surface area contributed by atoms with Gasteiger partial charge in [0.1, 0.15) is 0 Å². The highest BCUT2D eigenvalue weighted by Gasteiger charge is 2.49. The fourth-order valence-corrected chi connectivity index (χ4v) is 6.14. The smallest absolute Gasteiger partial charge is 0.339 e. The van der Waals surface area contributed by atoms with E-state index in [0.717, 1.165) is 24.8 Å².